The van der Waals surface area contributed by atoms with Crippen molar-refractivity contribution in [2.45, 2.75) is 25.3 Å². The van der Waals surface area contributed by atoms with Gasteiger partial charge < -0.3 is 14.8 Å². The summed E-state index contributed by atoms with van der Waals surface area (Å²) in [6.45, 7) is 6.53. The molecule has 0 aliphatic rings. The maximum absolute atomic E-state index is 12.2. The van der Waals surface area contributed by atoms with Crippen molar-refractivity contribution in [2.24, 2.45) is 0 Å². The highest BCUT2D eigenvalue weighted by Gasteiger charge is 2.19. The number of hydrogen-bond acceptors (Lipinski definition) is 5. The molecule has 0 saturated heterocycles. The quantitative estimate of drug-likeness (QED) is 0.633. The number of ether oxygens (including phenoxy) is 2. The second-order valence-corrected chi connectivity index (χ2v) is 6.10. The van der Waals surface area contributed by atoms with Crippen molar-refractivity contribution >= 4 is 10.0 Å². The van der Waals surface area contributed by atoms with Gasteiger partial charge in [0.15, 0.2) is 0 Å². The second-order valence-electron chi connectivity index (χ2n) is 4.36. The summed E-state index contributed by atoms with van der Waals surface area (Å²) in [6.07, 6.45) is 0. The van der Waals surface area contributed by atoms with Crippen LogP contribution in [0.15, 0.2) is 23.1 Å². The predicted molar refractivity (Wildman–Crippen MR) is 82.1 cm³/mol. The van der Waals surface area contributed by atoms with Gasteiger partial charge in [-0.15, -0.1) is 0 Å². The lowest BCUT2D eigenvalue weighted by molar-refractivity contribution is 0.153. The van der Waals surface area contributed by atoms with Crippen molar-refractivity contribution in [3.8, 4) is 5.75 Å². The lowest BCUT2D eigenvalue weighted by Crippen LogP contribution is -2.28. The van der Waals surface area contributed by atoms with E-state index < -0.39 is 10.0 Å². The Balaban J connectivity index is 2.85. The van der Waals surface area contributed by atoms with E-state index in [1.165, 1.54) is 7.11 Å². The summed E-state index contributed by atoms with van der Waals surface area (Å²) >= 11 is 0. The van der Waals surface area contributed by atoms with Crippen LogP contribution < -0.4 is 14.8 Å². The molecule has 0 fully saturated rings. The first-order valence-electron chi connectivity index (χ1n) is 7.00. The van der Waals surface area contributed by atoms with Gasteiger partial charge in [-0.3, -0.25) is 0 Å². The van der Waals surface area contributed by atoms with E-state index in [0.29, 0.717) is 25.5 Å². The van der Waals surface area contributed by atoms with Crippen LogP contribution in [0.5, 0.6) is 5.75 Å². The molecule has 0 aromatic heterocycles. The zero-order valence-electron chi connectivity index (χ0n) is 12.8. The van der Waals surface area contributed by atoms with Gasteiger partial charge in [0.1, 0.15) is 10.6 Å². The Morgan fingerprint density at radius 1 is 1.24 bits per heavy atom. The number of rotatable bonds is 10. The molecule has 0 bridgehead atoms. The first kappa shape index (κ1) is 17.9. The smallest absolute Gasteiger partial charge is 0.244 e. The van der Waals surface area contributed by atoms with Gasteiger partial charge in [-0.25, -0.2) is 13.1 Å². The normalized spacial score (nSPS) is 11.6. The van der Waals surface area contributed by atoms with Gasteiger partial charge in [0.25, 0.3) is 0 Å². The SMILES string of the molecule is CCNCc1ccc(S(=O)(=O)NCCOCC)c(OC)c1. The van der Waals surface area contributed by atoms with Gasteiger partial charge in [-0.05, 0) is 31.2 Å². The lowest BCUT2D eigenvalue weighted by Gasteiger charge is -2.12. The molecule has 0 spiro atoms. The molecule has 1 rings (SSSR count). The molecule has 0 radical (unpaired) electrons. The Labute approximate surface area is 126 Å². The molecule has 2 N–H and O–H groups in total. The minimum absolute atomic E-state index is 0.141. The maximum atomic E-state index is 12.2. The second kappa shape index (κ2) is 8.99. The number of benzene rings is 1. The third-order valence-corrected chi connectivity index (χ3v) is 4.34. The number of nitrogens with one attached hydrogen (secondary N) is 2. The van der Waals surface area contributed by atoms with E-state index in [4.69, 9.17) is 9.47 Å². The summed E-state index contributed by atoms with van der Waals surface area (Å²) in [5.74, 6) is 0.342. The molecule has 0 amide bonds. The molecular formula is C14H24N2O4S. The lowest BCUT2D eigenvalue weighted by atomic mass is 10.2. The molecule has 1 aromatic rings. The summed E-state index contributed by atoms with van der Waals surface area (Å²) in [4.78, 5) is 0.141. The zero-order valence-corrected chi connectivity index (χ0v) is 13.6. The van der Waals surface area contributed by atoms with E-state index in [1.54, 1.807) is 18.2 Å². The van der Waals surface area contributed by atoms with E-state index in [0.717, 1.165) is 12.1 Å². The molecule has 21 heavy (non-hydrogen) atoms. The summed E-state index contributed by atoms with van der Waals surface area (Å²) in [5, 5.41) is 3.19. The fraction of sp³-hybridized carbons (Fsp3) is 0.571. The van der Waals surface area contributed by atoms with Crippen molar-refractivity contribution in [1.29, 1.82) is 0 Å². The summed E-state index contributed by atoms with van der Waals surface area (Å²) < 4.78 is 37.3. The van der Waals surface area contributed by atoms with Crippen molar-refractivity contribution < 1.29 is 17.9 Å². The highest BCUT2D eigenvalue weighted by atomic mass is 32.2. The van der Waals surface area contributed by atoms with Gasteiger partial charge in [-0.1, -0.05) is 13.0 Å². The van der Waals surface area contributed by atoms with Gasteiger partial charge >= 0.3 is 0 Å². The minimum atomic E-state index is -3.60. The van der Waals surface area contributed by atoms with E-state index in [1.807, 2.05) is 13.8 Å². The van der Waals surface area contributed by atoms with E-state index in [9.17, 15) is 8.42 Å². The molecule has 6 nitrogen and oxygen atoms in total. The first-order valence-corrected chi connectivity index (χ1v) is 8.48. The molecular weight excluding hydrogens is 292 g/mol. The van der Waals surface area contributed by atoms with Crippen LogP contribution in [-0.4, -0.2) is 41.8 Å². The first-order chi connectivity index (χ1) is 10.0. The van der Waals surface area contributed by atoms with Crippen molar-refractivity contribution in [3.05, 3.63) is 23.8 Å². The summed E-state index contributed by atoms with van der Waals surface area (Å²) in [5.41, 5.74) is 0.974. The Morgan fingerprint density at radius 3 is 2.62 bits per heavy atom. The maximum Gasteiger partial charge on any atom is 0.244 e. The zero-order chi connectivity index (χ0) is 15.7. The van der Waals surface area contributed by atoms with Crippen molar-refractivity contribution in [3.63, 3.8) is 0 Å². The largest absolute Gasteiger partial charge is 0.495 e. The van der Waals surface area contributed by atoms with Gasteiger partial charge in [0.05, 0.1) is 13.7 Å². The van der Waals surface area contributed by atoms with Gasteiger partial charge in [0, 0.05) is 19.7 Å². The van der Waals surface area contributed by atoms with Crippen LogP contribution in [0.3, 0.4) is 0 Å². The monoisotopic (exact) mass is 316 g/mol. The fourth-order valence-electron chi connectivity index (χ4n) is 1.78. The van der Waals surface area contributed by atoms with Crippen LogP contribution in [-0.2, 0) is 21.3 Å². The van der Waals surface area contributed by atoms with Crippen LogP contribution >= 0.6 is 0 Å². The number of hydrogen-bond donors (Lipinski definition) is 2. The molecule has 0 unspecified atom stereocenters. The molecule has 0 aliphatic carbocycles. The topological polar surface area (TPSA) is 76.7 Å². The van der Waals surface area contributed by atoms with Crippen LogP contribution in [0.2, 0.25) is 0 Å². The van der Waals surface area contributed by atoms with E-state index >= 15 is 0 Å². The molecule has 0 heterocycles. The van der Waals surface area contributed by atoms with Crippen LogP contribution in [0.4, 0.5) is 0 Å². The summed E-state index contributed by atoms with van der Waals surface area (Å²) in [7, 11) is -2.13. The Bertz CT molecular complexity index is 532. The Kier molecular flexibility index (Phi) is 7.66. The molecule has 1 aromatic carbocycles. The van der Waals surface area contributed by atoms with E-state index in [-0.39, 0.29) is 11.4 Å². The summed E-state index contributed by atoms with van der Waals surface area (Å²) in [6, 6.07) is 5.08. The molecule has 7 heteroatoms. The molecule has 120 valence electrons. The van der Waals surface area contributed by atoms with Crippen molar-refractivity contribution in [2.75, 3.05) is 33.4 Å². The molecule has 0 saturated carbocycles. The standard InChI is InChI=1S/C14H24N2O4S/c1-4-15-11-12-6-7-14(13(10-12)19-3)21(17,18)16-8-9-20-5-2/h6-7,10,15-16H,4-5,8-9,11H2,1-3H3. The van der Waals surface area contributed by atoms with Crippen LogP contribution in [0, 0.1) is 0 Å². The Hall–Kier alpha value is -1.15. The van der Waals surface area contributed by atoms with Crippen LogP contribution in [0.1, 0.15) is 19.4 Å². The van der Waals surface area contributed by atoms with Crippen molar-refractivity contribution in [1.82, 2.24) is 10.0 Å². The molecule has 0 atom stereocenters. The number of methoxy groups -OCH3 is 1. The highest BCUT2D eigenvalue weighted by molar-refractivity contribution is 7.89. The number of sulfonamides is 1. The average Bonchev–Trinajstić information content (AvgIpc) is 2.49. The van der Waals surface area contributed by atoms with Gasteiger partial charge in [0.2, 0.25) is 10.0 Å². The minimum Gasteiger partial charge on any atom is -0.495 e. The average molecular weight is 316 g/mol. The fourth-order valence-corrected chi connectivity index (χ4v) is 2.95. The third-order valence-electron chi connectivity index (χ3n) is 2.84. The molecule has 0 aliphatic heterocycles. The van der Waals surface area contributed by atoms with Gasteiger partial charge in [-0.2, -0.15) is 0 Å². The van der Waals surface area contributed by atoms with Crippen LogP contribution in [0.25, 0.3) is 0 Å². The van der Waals surface area contributed by atoms with E-state index in [2.05, 4.69) is 10.0 Å². The predicted octanol–water partition coefficient (Wildman–Crippen LogP) is 1.12. The Morgan fingerprint density at radius 2 is 2.00 bits per heavy atom. The highest BCUT2D eigenvalue weighted by Crippen LogP contribution is 2.24. The third kappa shape index (κ3) is 5.62.